The zero-order valence-electron chi connectivity index (χ0n) is 13.3. The van der Waals surface area contributed by atoms with Crippen molar-refractivity contribution in [1.29, 1.82) is 0 Å². The molecular formula is C16H28O4. The summed E-state index contributed by atoms with van der Waals surface area (Å²) in [7, 11) is 0. The van der Waals surface area contributed by atoms with Crippen LogP contribution < -0.4 is 0 Å². The monoisotopic (exact) mass is 284 g/mol. The van der Waals surface area contributed by atoms with E-state index in [0.29, 0.717) is 31.5 Å². The Kier molecular flexibility index (Phi) is 9.77. The number of ether oxygens (including phenoxy) is 2. The highest BCUT2D eigenvalue weighted by Crippen LogP contribution is 2.12. The standard InChI is InChI=1S/C16H28O4/c1-6-7-14(16(18)20-11-13(4)5)8-9-15(17)19-10-12(2)3/h8-9,12-14H,6-7,10-11H2,1-5H3. The number of hydrogen-bond acceptors (Lipinski definition) is 4. The zero-order valence-corrected chi connectivity index (χ0v) is 13.3. The predicted molar refractivity (Wildman–Crippen MR) is 79.1 cm³/mol. The van der Waals surface area contributed by atoms with Crippen LogP contribution in [0.1, 0.15) is 47.5 Å². The maximum Gasteiger partial charge on any atom is 0.330 e. The molecule has 0 rings (SSSR count). The molecule has 0 bridgehead atoms. The van der Waals surface area contributed by atoms with Gasteiger partial charge in [-0.25, -0.2) is 4.79 Å². The van der Waals surface area contributed by atoms with Crippen molar-refractivity contribution in [3.8, 4) is 0 Å². The minimum Gasteiger partial charge on any atom is -0.465 e. The Morgan fingerprint density at radius 1 is 1.00 bits per heavy atom. The maximum atomic E-state index is 11.9. The first kappa shape index (κ1) is 18.7. The molecule has 0 fully saturated rings. The van der Waals surface area contributed by atoms with Crippen molar-refractivity contribution >= 4 is 11.9 Å². The number of esters is 2. The van der Waals surface area contributed by atoms with E-state index in [4.69, 9.17) is 9.47 Å². The molecule has 0 N–H and O–H groups in total. The van der Waals surface area contributed by atoms with Crippen molar-refractivity contribution in [1.82, 2.24) is 0 Å². The van der Waals surface area contributed by atoms with Crippen LogP contribution in [-0.4, -0.2) is 25.2 Å². The molecule has 1 atom stereocenters. The zero-order chi connectivity index (χ0) is 15.5. The number of rotatable bonds is 9. The predicted octanol–water partition coefficient (Wildman–Crippen LogP) is 3.36. The largest absolute Gasteiger partial charge is 0.465 e. The van der Waals surface area contributed by atoms with Gasteiger partial charge >= 0.3 is 11.9 Å². The second kappa shape index (κ2) is 10.5. The van der Waals surface area contributed by atoms with Gasteiger partial charge < -0.3 is 9.47 Å². The first-order chi connectivity index (χ1) is 9.36. The third kappa shape index (κ3) is 9.59. The van der Waals surface area contributed by atoms with Gasteiger partial charge in [0.15, 0.2) is 0 Å². The topological polar surface area (TPSA) is 52.6 Å². The van der Waals surface area contributed by atoms with E-state index in [0.717, 1.165) is 6.42 Å². The van der Waals surface area contributed by atoms with E-state index in [9.17, 15) is 9.59 Å². The average molecular weight is 284 g/mol. The molecule has 1 unspecified atom stereocenters. The number of carbonyl (C=O) groups excluding carboxylic acids is 2. The highest BCUT2D eigenvalue weighted by molar-refractivity contribution is 5.83. The van der Waals surface area contributed by atoms with E-state index >= 15 is 0 Å². The summed E-state index contributed by atoms with van der Waals surface area (Å²) in [6.07, 6.45) is 4.45. The molecular weight excluding hydrogens is 256 g/mol. The van der Waals surface area contributed by atoms with E-state index in [1.54, 1.807) is 6.08 Å². The van der Waals surface area contributed by atoms with E-state index in [2.05, 4.69) is 0 Å². The van der Waals surface area contributed by atoms with Crippen LogP contribution in [0, 0.1) is 17.8 Å². The van der Waals surface area contributed by atoms with Crippen LogP contribution >= 0.6 is 0 Å². The Labute approximate surface area is 122 Å². The summed E-state index contributed by atoms with van der Waals surface area (Å²) in [5.74, 6) is -0.439. The van der Waals surface area contributed by atoms with Crippen LogP contribution in [-0.2, 0) is 19.1 Å². The molecule has 0 amide bonds. The van der Waals surface area contributed by atoms with Gasteiger partial charge in [0.2, 0.25) is 0 Å². The first-order valence-electron chi connectivity index (χ1n) is 7.38. The Hall–Kier alpha value is -1.32. The highest BCUT2D eigenvalue weighted by Gasteiger charge is 2.17. The molecule has 0 radical (unpaired) electrons. The van der Waals surface area contributed by atoms with Crippen molar-refractivity contribution in [2.75, 3.05) is 13.2 Å². The molecule has 0 aromatic rings. The molecule has 0 aliphatic heterocycles. The summed E-state index contributed by atoms with van der Waals surface area (Å²) in [5.41, 5.74) is 0. The number of carbonyl (C=O) groups is 2. The van der Waals surface area contributed by atoms with Crippen molar-refractivity contribution in [3.05, 3.63) is 12.2 Å². The third-order valence-corrected chi connectivity index (χ3v) is 2.48. The minimum absolute atomic E-state index is 0.270. The van der Waals surface area contributed by atoms with Gasteiger partial charge in [-0.15, -0.1) is 0 Å². The molecule has 116 valence electrons. The fourth-order valence-corrected chi connectivity index (χ4v) is 1.45. The molecule has 0 saturated carbocycles. The lowest BCUT2D eigenvalue weighted by molar-refractivity contribution is -0.148. The molecule has 20 heavy (non-hydrogen) atoms. The molecule has 0 spiro atoms. The molecule has 0 aliphatic rings. The highest BCUT2D eigenvalue weighted by atomic mass is 16.5. The van der Waals surface area contributed by atoms with Gasteiger partial charge in [-0.2, -0.15) is 0 Å². The summed E-state index contributed by atoms with van der Waals surface area (Å²) in [6.45, 7) is 10.7. The molecule has 0 heterocycles. The molecule has 0 aromatic heterocycles. The lowest BCUT2D eigenvalue weighted by Crippen LogP contribution is -2.19. The van der Waals surface area contributed by atoms with Gasteiger partial charge in [-0.1, -0.05) is 47.1 Å². The van der Waals surface area contributed by atoms with E-state index in [-0.39, 0.29) is 11.9 Å². The normalized spacial score (nSPS) is 12.9. The van der Waals surface area contributed by atoms with E-state index in [1.807, 2.05) is 34.6 Å². The van der Waals surface area contributed by atoms with Crippen LogP contribution in [0.4, 0.5) is 0 Å². The van der Waals surface area contributed by atoms with Gasteiger partial charge in [0.25, 0.3) is 0 Å². The van der Waals surface area contributed by atoms with Gasteiger partial charge in [0.1, 0.15) is 0 Å². The first-order valence-corrected chi connectivity index (χ1v) is 7.38. The summed E-state index contributed by atoms with van der Waals surface area (Å²) in [5, 5.41) is 0. The van der Waals surface area contributed by atoms with Gasteiger partial charge in [-0.05, 0) is 18.3 Å². The van der Waals surface area contributed by atoms with Crippen LogP contribution in [0.3, 0.4) is 0 Å². The molecule has 0 saturated heterocycles. The van der Waals surface area contributed by atoms with Crippen LogP contribution in [0.5, 0.6) is 0 Å². The smallest absolute Gasteiger partial charge is 0.330 e. The summed E-state index contributed by atoms with van der Waals surface area (Å²) in [6, 6.07) is 0. The molecule has 0 aromatic carbocycles. The molecule has 0 aliphatic carbocycles. The average Bonchev–Trinajstić information content (AvgIpc) is 2.38. The van der Waals surface area contributed by atoms with Crippen LogP contribution in [0.15, 0.2) is 12.2 Å². The second-order valence-electron chi connectivity index (χ2n) is 5.80. The lowest BCUT2D eigenvalue weighted by atomic mass is 10.0. The number of hydrogen-bond donors (Lipinski definition) is 0. The van der Waals surface area contributed by atoms with Crippen molar-refractivity contribution in [2.24, 2.45) is 17.8 Å². The Balaban J connectivity index is 4.37. The minimum atomic E-state index is -0.406. The van der Waals surface area contributed by atoms with Crippen molar-refractivity contribution in [2.45, 2.75) is 47.5 Å². The van der Waals surface area contributed by atoms with Crippen LogP contribution in [0.2, 0.25) is 0 Å². The van der Waals surface area contributed by atoms with Crippen molar-refractivity contribution < 1.29 is 19.1 Å². The maximum absolute atomic E-state index is 11.9. The third-order valence-electron chi connectivity index (χ3n) is 2.48. The summed E-state index contributed by atoms with van der Waals surface area (Å²) < 4.78 is 10.2. The Bertz CT molecular complexity index is 318. The second-order valence-corrected chi connectivity index (χ2v) is 5.80. The van der Waals surface area contributed by atoms with Crippen LogP contribution in [0.25, 0.3) is 0 Å². The fourth-order valence-electron chi connectivity index (χ4n) is 1.45. The fraction of sp³-hybridized carbons (Fsp3) is 0.750. The Morgan fingerprint density at radius 3 is 2.05 bits per heavy atom. The summed E-state index contributed by atoms with van der Waals surface area (Å²) in [4.78, 5) is 23.4. The quantitative estimate of drug-likeness (QED) is 0.481. The van der Waals surface area contributed by atoms with E-state index < -0.39 is 5.97 Å². The Morgan fingerprint density at radius 2 is 1.55 bits per heavy atom. The van der Waals surface area contributed by atoms with Crippen molar-refractivity contribution in [3.63, 3.8) is 0 Å². The molecule has 4 nitrogen and oxygen atoms in total. The van der Waals surface area contributed by atoms with Gasteiger partial charge in [-0.3, -0.25) is 4.79 Å². The SMILES string of the molecule is CCCC(C=CC(=O)OCC(C)C)C(=O)OCC(C)C. The summed E-state index contributed by atoms with van der Waals surface area (Å²) >= 11 is 0. The molecule has 4 heteroatoms. The van der Waals surface area contributed by atoms with E-state index in [1.165, 1.54) is 6.08 Å². The van der Waals surface area contributed by atoms with Gasteiger partial charge in [0.05, 0.1) is 19.1 Å². The van der Waals surface area contributed by atoms with Gasteiger partial charge in [0, 0.05) is 6.08 Å². The lowest BCUT2D eigenvalue weighted by Gasteiger charge is -2.13.